The fourth-order valence-corrected chi connectivity index (χ4v) is 2.72. The summed E-state index contributed by atoms with van der Waals surface area (Å²) in [5.74, 6) is 1.39. The van der Waals surface area contributed by atoms with E-state index in [-0.39, 0.29) is 5.91 Å². The predicted molar refractivity (Wildman–Crippen MR) is 108 cm³/mol. The number of amides is 1. The van der Waals surface area contributed by atoms with Gasteiger partial charge in [-0.15, -0.1) is 0 Å². The van der Waals surface area contributed by atoms with E-state index in [2.05, 4.69) is 15.6 Å². The molecule has 5 heteroatoms. The average Bonchev–Trinajstić information content (AvgIpc) is 2.69. The van der Waals surface area contributed by atoms with Crippen LogP contribution in [0.3, 0.4) is 0 Å². The summed E-state index contributed by atoms with van der Waals surface area (Å²) in [6.45, 7) is 2.59. The van der Waals surface area contributed by atoms with Gasteiger partial charge < -0.3 is 15.4 Å². The van der Waals surface area contributed by atoms with Crippen molar-refractivity contribution in [3.8, 4) is 5.75 Å². The molecule has 0 spiro atoms. The highest BCUT2D eigenvalue weighted by atomic mass is 16.5. The maximum Gasteiger partial charge on any atom is 0.252 e. The number of carbonyl (C=O) groups excluding carboxylic acids is 1. The molecule has 2 aromatic carbocycles. The Kier molecular flexibility index (Phi) is 6.05. The van der Waals surface area contributed by atoms with Gasteiger partial charge in [-0.05, 0) is 60.9 Å². The van der Waals surface area contributed by atoms with Crippen LogP contribution < -0.4 is 15.4 Å². The second-order valence-electron chi connectivity index (χ2n) is 6.28. The molecule has 1 heterocycles. The van der Waals surface area contributed by atoms with Crippen LogP contribution in [-0.4, -0.2) is 24.5 Å². The van der Waals surface area contributed by atoms with Crippen LogP contribution in [0.4, 0.5) is 11.5 Å². The molecular formula is C22H23N3O2. The van der Waals surface area contributed by atoms with E-state index >= 15 is 0 Å². The number of anilines is 2. The van der Waals surface area contributed by atoms with Gasteiger partial charge >= 0.3 is 0 Å². The lowest BCUT2D eigenvalue weighted by molar-refractivity contribution is 0.0954. The Morgan fingerprint density at radius 2 is 1.93 bits per heavy atom. The highest BCUT2D eigenvalue weighted by molar-refractivity contribution is 5.94. The molecule has 5 nitrogen and oxygen atoms in total. The highest BCUT2D eigenvalue weighted by Crippen LogP contribution is 2.16. The molecule has 3 aromatic rings. The van der Waals surface area contributed by atoms with Gasteiger partial charge in [-0.3, -0.25) is 4.79 Å². The first kappa shape index (κ1) is 18.5. The van der Waals surface area contributed by atoms with Crippen molar-refractivity contribution < 1.29 is 9.53 Å². The van der Waals surface area contributed by atoms with Gasteiger partial charge in [0.2, 0.25) is 0 Å². The fraction of sp³-hybridized carbons (Fsp3) is 0.182. The SMILES string of the molecule is COc1cccc(CCNC(=O)c2ccc(Nc3cccc(C)c3)nc2)c1. The Balaban J connectivity index is 1.52. The molecule has 3 rings (SSSR count). The molecule has 0 radical (unpaired) electrons. The molecular weight excluding hydrogens is 338 g/mol. The van der Waals surface area contributed by atoms with Crippen LogP contribution in [0.1, 0.15) is 21.5 Å². The lowest BCUT2D eigenvalue weighted by Gasteiger charge is -2.08. The summed E-state index contributed by atoms with van der Waals surface area (Å²) < 4.78 is 5.21. The number of carbonyl (C=O) groups is 1. The number of aromatic nitrogens is 1. The molecule has 0 fully saturated rings. The fourth-order valence-electron chi connectivity index (χ4n) is 2.72. The van der Waals surface area contributed by atoms with Gasteiger partial charge in [0.05, 0.1) is 12.7 Å². The Morgan fingerprint density at radius 3 is 2.67 bits per heavy atom. The summed E-state index contributed by atoms with van der Waals surface area (Å²) in [7, 11) is 1.64. The van der Waals surface area contributed by atoms with Gasteiger partial charge in [0.25, 0.3) is 5.91 Å². The van der Waals surface area contributed by atoms with Crippen LogP contribution in [0.2, 0.25) is 0 Å². The minimum atomic E-state index is -0.132. The van der Waals surface area contributed by atoms with E-state index in [1.54, 1.807) is 25.4 Å². The van der Waals surface area contributed by atoms with Gasteiger partial charge in [-0.1, -0.05) is 24.3 Å². The maximum absolute atomic E-state index is 12.3. The lowest BCUT2D eigenvalue weighted by atomic mass is 10.1. The monoisotopic (exact) mass is 361 g/mol. The summed E-state index contributed by atoms with van der Waals surface area (Å²) >= 11 is 0. The van der Waals surface area contributed by atoms with E-state index in [4.69, 9.17) is 4.74 Å². The van der Waals surface area contributed by atoms with E-state index in [9.17, 15) is 4.79 Å². The van der Waals surface area contributed by atoms with Crippen LogP contribution >= 0.6 is 0 Å². The molecule has 0 unspecified atom stereocenters. The molecule has 0 saturated carbocycles. The van der Waals surface area contributed by atoms with Crippen molar-refractivity contribution in [2.24, 2.45) is 0 Å². The van der Waals surface area contributed by atoms with E-state index < -0.39 is 0 Å². The molecule has 0 saturated heterocycles. The number of hydrogen-bond acceptors (Lipinski definition) is 4. The van der Waals surface area contributed by atoms with Crippen molar-refractivity contribution in [3.05, 3.63) is 83.6 Å². The van der Waals surface area contributed by atoms with E-state index in [1.807, 2.05) is 55.5 Å². The van der Waals surface area contributed by atoms with Crippen molar-refractivity contribution >= 4 is 17.4 Å². The number of methoxy groups -OCH3 is 1. The first-order chi connectivity index (χ1) is 13.1. The third-order valence-electron chi connectivity index (χ3n) is 4.15. The van der Waals surface area contributed by atoms with E-state index in [1.165, 1.54) is 5.56 Å². The number of pyridine rings is 1. The van der Waals surface area contributed by atoms with Gasteiger partial charge in [-0.2, -0.15) is 0 Å². The van der Waals surface area contributed by atoms with Crippen LogP contribution in [0.5, 0.6) is 5.75 Å². The van der Waals surface area contributed by atoms with Crippen LogP contribution in [-0.2, 0) is 6.42 Å². The minimum absolute atomic E-state index is 0.132. The largest absolute Gasteiger partial charge is 0.497 e. The standard InChI is InChI=1S/C22H23N3O2/c1-16-5-3-7-19(13-16)25-21-10-9-18(15-24-21)22(26)23-12-11-17-6-4-8-20(14-17)27-2/h3-10,13-15H,11-12H2,1-2H3,(H,23,26)(H,24,25). The normalized spacial score (nSPS) is 10.3. The summed E-state index contributed by atoms with van der Waals surface area (Å²) in [5, 5.41) is 6.15. The molecule has 138 valence electrons. The number of aryl methyl sites for hydroxylation is 1. The number of rotatable bonds is 7. The van der Waals surface area contributed by atoms with E-state index in [0.717, 1.165) is 23.4 Å². The van der Waals surface area contributed by atoms with Crippen LogP contribution in [0, 0.1) is 6.92 Å². The molecule has 1 amide bonds. The number of hydrogen-bond donors (Lipinski definition) is 2. The Labute approximate surface area is 159 Å². The lowest BCUT2D eigenvalue weighted by Crippen LogP contribution is -2.25. The van der Waals surface area contributed by atoms with Crippen molar-refractivity contribution in [2.45, 2.75) is 13.3 Å². The summed E-state index contributed by atoms with van der Waals surface area (Å²) in [6.07, 6.45) is 2.32. The zero-order chi connectivity index (χ0) is 19.1. The number of nitrogens with zero attached hydrogens (tertiary/aromatic N) is 1. The second kappa shape index (κ2) is 8.85. The highest BCUT2D eigenvalue weighted by Gasteiger charge is 2.06. The first-order valence-corrected chi connectivity index (χ1v) is 8.85. The quantitative estimate of drug-likeness (QED) is 0.665. The van der Waals surface area contributed by atoms with E-state index in [0.29, 0.717) is 17.9 Å². The van der Waals surface area contributed by atoms with Gasteiger partial charge in [0, 0.05) is 18.4 Å². The Hall–Kier alpha value is -3.34. The molecule has 0 bridgehead atoms. The van der Waals surface area contributed by atoms with Crippen LogP contribution in [0.15, 0.2) is 66.9 Å². The summed E-state index contributed by atoms with van der Waals surface area (Å²) in [5.41, 5.74) is 3.80. The van der Waals surface area contributed by atoms with Crippen molar-refractivity contribution in [2.75, 3.05) is 19.0 Å². The number of nitrogens with one attached hydrogen (secondary N) is 2. The number of benzene rings is 2. The molecule has 1 aromatic heterocycles. The molecule has 27 heavy (non-hydrogen) atoms. The zero-order valence-corrected chi connectivity index (χ0v) is 15.5. The summed E-state index contributed by atoms with van der Waals surface area (Å²) in [6, 6.07) is 19.5. The Morgan fingerprint density at radius 1 is 1.07 bits per heavy atom. The third kappa shape index (κ3) is 5.31. The molecule has 2 N–H and O–H groups in total. The average molecular weight is 361 g/mol. The predicted octanol–water partition coefficient (Wildman–Crippen LogP) is 4.11. The zero-order valence-electron chi connectivity index (χ0n) is 15.5. The first-order valence-electron chi connectivity index (χ1n) is 8.85. The van der Waals surface area contributed by atoms with Crippen LogP contribution in [0.25, 0.3) is 0 Å². The van der Waals surface area contributed by atoms with Gasteiger partial charge in [0.1, 0.15) is 11.6 Å². The third-order valence-corrected chi connectivity index (χ3v) is 4.15. The van der Waals surface area contributed by atoms with Crippen molar-refractivity contribution in [1.82, 2.24) is 10.3 Å². The molecule has 0 aliphatic heterocycles. The second-order valence-corrected chi connectivity index (χ2v) is 6.28. The van der Waals surface area contributed by atoms with Gasteiger partial charge in [0.15, 0.2) is 0 Å². The number of ether oxygens (including phenoxy) is 1. The van der Waals surface area contributed by atoms with Gasteiger partial charge in [-0.25, -0.2) is 4.98 Å². The molecule has 0 aliphatic rings. The topological polar surface area (TPSA) is 63.2 Å². The maximum atomic E-state index is 12.3. The van der Waals surface area contributed by atoms with Crippen molar-refractivity contribution in [1.29, 1.82) is 0 Å². The Bertz CT molecular complexity index is 907. The minimum Gasteiger partial charge on any atom is -0.497 e. The smallest absolute Gasteiger partial charge is 0.252 e. The molecule has 0 aliphatic carbocycles. The summed E-state index contributed by atoms with van der Waals surface area (Å²) in [4.78, 5) is 16.6. The van der Waals surface area contributed by atoms with Crippen molar-refractivity contribution in [3.63, 3.8) is 0 Å². The molecule has 0 atom stereocenters.